The molecule has 0 saturated carbocycles. The summed E-state index contributed by atoms with van der Waals surface area (Å²) in [6.45, 7) is 2.02. The molecule has 4 aromatic rings. The number of benzene rings is 3. The average molecular weight is 522 g/mol. The van der Waals surface area contributed by atoms with Crippen LogP contribution in [0.4, 0.5) is 5.69 Å². The monoisotopic (exact) mass is 521 g/mol. The summed E-state index contributed by atoms with van der Waals surface area (Å²) in [5.41, 5.74) is 7.40. The molecule has 2 heterocycles. The highest BCUT2D eigenvalue weighted by molar-refractivity contribution is 7.80. The number of para-hydroxylation sites is 1. The Hall–Kier alpha value is -4.89. The number of hydrogen-bond acceptors (Lipinski definition) is 5. The van der Waals surface area contributed by atoms with Crippen LogP contribution in [-0.2, 0) is 9.59 Å². The molecule has 0 aliphatic carbocycles. The molecule has 0 bridgehead atoms. The number of aryl methyl sites for hydroxylation is 1. The number of carbonyl (C=O) groups excluding carboxylic acids is 3. The predicted molar refractivity (Wildman–Crippen MR) is 150 cm³/mol. The predicted octanol–water partition coefficient (Wildman–Crippen LogP) is 4.23. The van der Waals surface area contributed by atoms with Gasteiger partial charge in [0.15, 0.2) is 11.0 Å². The fourth-order valence-corrected chi connectivity index (χ4v) is 4.55. The molecule has 1 saturated heterocycles. The number of anilines is 1. The maximum Gasteiger partial charge on any atom is 0.271 e. The number of amides is 3. The van der Waals surface area contributed by atoms with Crippen LogP contribution in [0.1, 0.15) is 16.1 Å². The van der Waals surface area contributed by atoms with E-state index in [1.165, 1.54) is 4.90 Å². The Morgan fingerprint density at radius 3 is 2.24 bits per heavy atom. The zero-order valence-electron chi connectivity index (χ0n) is 20.4. The van der Waals surface area contributed by atoms with Crippen LogP contribution in [0.5, 0.6) is 0 Å². The quantitative estimate of drug-likeness (QED) is 0.172. The zero-order chi connectivity index (χ0) is 26.6. The number of carbonyl (C=O) groups is 3. The van der Waals surface area contributed by atoms with Crippen LogP contribution in [0.2, 0.25) is 0 Å². The minimum Gasteiger partial charge on any atom is -0.314 e. The van der Waals surface area contributed by atoms with Gasteiger partial charge >= 0.3 is 0 Å². The molecule has 2 N–H and O–H groups in total. The van der Waals surface area contributed by atoms with E-state index in [4.69, 9.17) is 12.2 Å². The van der Waals surface area contributed by atoms with Crippen LogP contribution in [0, 0.1) is 12.8 Å². The van der Waals surface area contributed by atoms with Crippen LogP contribution < -0.4 is 15.6 Å². The number of aromatic nitrogens is 1. The van der Waals surface area contributed by atoms with Gasteiger partial charge in [-0.1, -0.05) is 48.5 Å². The Bertz CT molecular complexity index is 1550. The maximum absolute atomic E-state index is 13.0. The van der Waals surface area contributed by atoms with Crippen molar-refractivity contribution in [3.8, 4) is 16.9 Å². The number of nitrogens with zero attached hydrogens (tertiary/aromatic N) is 3. The minimum absolute atomic E-state index is 0.00618. The molecule has 0 spiro atoms. The Kier molecular flexibility index (Phi) is 6.92. The summed E-state index contributed by atoms with van der Waals surface area (Å²) in [5.74, 6) is -2.87. The highest BCUT2D eigenvalue weighted by Gasteiger charge is 2.38. The first-order valence-corrected chi connectivity index (χ1v) is 12.3. The Balaban J connectivity index is 1.29. The van der Waals surface area contributed by atoms with Crippen LogP contribution in [0.15, 0.2) is 102 Å². The van der Waals surface area contributed by atoms with Gasteiger partial charge in [-0.25, -0.2) is 5.43 Å². The highest BCUT2D eigenvalue weighted by Crippen LogP contribution is 2.26. The summed E-state index contributed by atoms with van der Waals surface area (Å²) in [6.07, 6.45) is 1.11. The molecule has 8 nitrogen and oxygen atoms in total. The van der Waals surface area contributed by atoms with E-state index in [9.17, 15) is 14.4 Å². The molecule has 1 aliphatic heterocycles. The number of thiocarbonyl (C=S) groups is 1. The van der Waals surface area contributed by atoms with E-state index in [-0.39, 0.29) is 5.11 Å². The Morgan fingerprint density at radius 2 is 1.55 bits per heavy atom. The first-order valence-electron chi connectivity index (χ1n) is 11.9. The van der Waals surface area contributed by atoms with Crippen molar-refractivity contribution in [2.45, 2.75) is 6.92 Å². The maximum atomic E-state index is 13.0. The van der Waals surface area contributed by atoms with Gasteiger partial charge in [-0.05, 0) is 73.2 Å². The highest BCUT2D eigenvalue weighted by atomic mass is 32.1. The number of hydrazone groups is 1. The third kappa shape index (κ3) is 4.87. The third-order valence-corrected chi connectivity index (χ3v) is 6.42. The molecule has 3 aromatic carbocycles. The van der Waals surface area contributed by atoms with Crippen molar-refractivity contribution in [1.82, 2.24) is 15.3 Å². The summed E-state index contributed by atoms with van der Waals surface area (Å²) >= 11 is 5.18. The smallest absolute Gasteiger partial charge is 0.271 e. The molecular formula is C29H23N5O3S. The summed E-state index contributed by atoms with van der Waals surface area (Å²) in [7, 11) is 0. The van der Waals surface area contributed by atoms with Gasteiger partial charge in [0, 0.05) is 23.2 Å². The molecule has 5 rings (SSSR count). The second kappa shape index (κ2) is 10.6. The summed E-state index contributed by atoms with van der Waals surface area (Å²) in [4.78, 5) is 39.3. The minimum atomic E-state index is -1.24. The van der Waals surface area contributed by atoms with Crippen molar-refractivity contribution in [2.75, 3.05) is 4.90 Å². The average Bonchev–Trinajstić information content (AvgIpc) is 3.32. The molecule has 38 heavy (non-hydrogen) atoms. The molecule has 1 aliphatic rings. The van der Waals surface area contributed by atoms with Gasteiger partial charge in [0.25, 0.3) is 11.8 Å². The number of nitrogens with one attached hydrogen (secondary N) is 2. The molecule has 1 fully saturated rings. The number of hydrogen-bond donors (Lipinski definition) is 2. The summed E-state index contributed by atoms with van der Waals surface area (Å²) in [5, 5.41) is 6.39. The van der Waals surface area contributed by atoms with E-state index in [2.05, 4.69) is 38.6 Å². The molecule has 9 heteroatoms. The van der Waals surface area contributed by atoms with E-state index in [1.54, 1.807) is 36.4 Å². The molecule has 0 unspecified atom stereocenters. The first-order chi connectivity index (χ1) is 18.4. The van der Waals surface area contributed by atoms with Crippen molar-refractivity contribution in [3.05, 3.63) is 108 Å². The van der Waals surface area contributed by atoms with Crippen molar-refractivity contribution in [3.63, 3.8) is 0 Å². The lowest BCUT2D eigenvalue weighted by Crippen LogP contribution is -2.58. The number of rotatable bonds is 6. The van der Waals surface area contributed by atoms with E-state index >= 15 is 0 Å². The standard InChI is InChI=1S/C29H23N5O3S/c1-19-12-17-25(20-8-4-2-5-9-20)33(19)23-15-13-21(14-16-23)26(35)32-30-18-24-27(36)31-29(38)34(28(24)37)22-10-6-3-7-11-22/h2-18,24H,1H3,(H,32,35)(H,31,36,38)/b30-18+/t24-/m0/s1. The molecule has 1 aromatic heterocycles. The van der Waals surface area contributed by atoms with Gasteiger partial charge in [0.2, 0.25) is 5.91 Å². The second-order valence-corrected chi connectivity index (χ2v) is 9.00. The van der Waals surface area contributed by atoms with Crippen LogP contribution in [0.3, 0.4) is 0 Å². The van der Waals surface area contributed by atoms with Gasteiger partial charge < -0.3 is 9.88 Å². The lowest BCUT2D eigenvalue weighted by Gasteiger charge is -2.30. The third-order valence-electron chi connectivity index (χ3n) is 6.14. The lowest BCUT2D eigenvalue weighted by atomic mass is 10.1. The van der Waals surface area contributed by atoms with Crippen molar-refractivity contribution >= 4 is 47.0 Å². The van der Waals surface area contributed by atoms with Crippen molar-refractivity contribution < 1.29 is 14.4 Å². The summed E-state index contributed by atoms with van der Waals surface area (Å²) < 4.78 is 2.12. The van der Waals surface area contributed by atoms with E-state index in [1.807, 2.05) is 49.4 Å². The zero-order valence-corrected chi connectivity index (χ0v) is 21.2. The largest absolute Gasteiger partial charge is 0.314 e. The molecule has 188 valence electrons. The van der Waals surface area contributed by atoms with Crippen LogP contribution >= 0.6 is 12.2 Å². The molecular weight excluding hydrogens is 498 g/mol. The first kappa shape index (κ1) is 24.8. The summed E-state index contributed by atoms with van der Waals surface area (Å²) in [6, 6.07) is 30.0. The van der Waals surface area contributed by atoms with Crippen molar-refractivity contribution in [1.29, 1.82) is 0 Å². The molecule has 3 amide bonds. The van der Waals surface area contributed by atoms with Crippen molar-refractivity contribution in [2.24, 2.45) is 11.0 Å². The van der Waals surface area contributed by atoms with Gasteiger partial charge in [-0.15, -0.1) is 0 Å². The van der Waals surface area contributed by atoms with Gasteiger partial charge in [-0.3, -0.25) is 19.3 Å². The fraction of sp³-hybridized carbons (Fsp3) is 0.0690. The van der Waals surface area contributed by atoms with Crippen LogP contribution in [0.25, 0.3) is 16.9 Å². The molecule has 0 radical (unpaired) electrons. The lowest BCUT2D eigenvalue weighted by molar-refractivity contribution is -0.130. The van der Waals surface area contributed by atoms with E-state index < -0.39 is 23.6 Å². The SMILES string of the molecule is Cc1ccc(-c2ccccc2)n1-c1ccc(C(=O)N/N=C/[C@H]2C(=O)NC(=S)N(c3ccccc3)C2=O)cc1. The topological polar surface area (TPSA) is 95.8 Å². The van der Waals surface area contributed by atoms with Gasteiger partial charge in [-0.2, -0.15) is 5.10 Å². The second-order valence-electron chi connectivity index (χ2n) is 8.61. The fourth-order valence-electron chi connectivity index (χ4n) is 4.26. The van der Waals surface area contributed by atoms with Crippen LogP contribution in [-0.4, -0.2) is 33.6 Å². The van der Waals surface area contributed by atoms with E-state index in [0.717, 1.165) is 28.9 Å². The van der Waals surface area contributed by atoms with Gasteiger partial charge in [0.05, 0.1) is 11.4 Å². The normalized spacial score (nSPS) is 15.6. The Labute approximate surface area is 224 Å². The van der Waals surface area contributed by atoms with Gasteiger partial charge in [0.1, 0.15) is 0 Å². The van der Waals surface area contributed by atoms with E-state index in [0.29, 0.717) is 11.3 Å². The molecule has 1 atom stereocenters. The Morgan fingerprint density at radius 1 is 0.895 bits per heavy atom.